The fourth-order valence-corrected chi connectivity index (χ4v) is 2.73. The third kappa shape index (κ3) is 2.29. The van der Waals surface area contributed by atoms with E-state index in [0.717, 1.165) is 35.5 Å². The number of imidazole rings is 1. The molecule has 0 unspecified atom stereocenters. The van der Waals surface area contributed by atoms with E-state index in [1.807, 2.05) is 13.0 Å². The van der Waals surface area contributed by atoms with Crippen LogP contribution in [0.15, 0.2) is 36.4 Å². The maximum atomic E-state index is 6.22. The number of fused-ring (bicyclic) bond motifs is 1. The molecule has 0 atom stereocenters. The standard InChI is InChI=1S/C16H16ClN3/c1-3-14-19-15-13(9-11(2)18-16(15)17)20(14)10-12-7-5-4-6-8-12/h4-9H,3,10H2,1-2H3. The molecule has 2 heterocycles. The topological polar surface area (TPSA) is 30.7 Å². The number of halogens is 1. The van der Waals surface area contributed by atoms with Crippen molar-refractivity contribution in [2.24, 2.45) is 0 Å². The van der Waals surface area contributed by atoms with Crippen molar-refractivity contribution in [1.82, 2.24) is 14.5 Å². The molecule has 4 heteroatoms. The van der Waals surface area contributed by atoms with Gasteiger partial charge >= 0.3 is 0 Å². The van der Waals surface area contributed by atoms with Gasteiger partial charge in [0.1, 0.15) is 11.3 Å². The quantitative estimate of drug-likeness (QED) is 0.681. The third-order valence-electron chi connectivity index (χ3n) is 3.40. The van der Waals surface area contributed by atoms with E-state index in [2.05, 4.69) is 51.8 Å². The molecule has 0 saturated heterocycles. The minimum absolute atomic E-state index is 0.488. The zero-order chi connectivity index (χ0) is 14.1. The van der Waals surface area contributed by atoms with Gasteiger partial charge in [0.05, 0.1) is 5.52 Å². The van der Waals surface area contributed by atoms with Crippen molar-refractivity contribution < 1.29 is 0 Å². The molecule has 102 valence electrons. The number of benzene rings is 1. The summed E-state index contributed by atoms with van der Waals surface area (Å²) in [4.78, 5) is 8.92. The first-order valence-corrected chi connectivity index (χ1v) is 7.13. The van der Waals surface area contributed by atoms with Gasteiger partial charge in [-0.25, -0.2) is 9.97 Å². The van der Waals surface area contributed by atoms with Crippen LogP contribution in [0.2, 0.25) is 5.15 Å². The zero-order valence-electron chi connectivity index (χ0n) is 11.6. The Bertz CT molecular complexity index is 747. The van der Waals surface area contributed by atoms with Gasteiger partial charge in [0, 0.05) is 18.7 Å². The largest absolute Gasteiger partial charge is 0.323 e. The van der Waals surface area contributed by atoms with Gasteiger partial charge in [-0.1, -0.05) is 48.9 Å². The van der Waals surface area contributed by atoms with E-state index in [1.165, 1.54) is 5.56 Å². The number of aryl methyl sites for hydroxylation is 2. The molecule has 0 spiro atoms. The van der Waals surface area contributed by atoms with Crippen molar-refractivity contribution in [2.75, 3.05) is 0 Å². The van der Waals surface area contributed by atoms with Gasteiger partial charge < -0.3 is 4.57 Å². The van der Waals surface area contributed by atoms with Crippen LogP contribution in [-0.4, -0.2) is 14.5 Å². The highest BCUT2D eigenvalue weighted by Gasteiger charge is 2.13. The van der Waals surface area contributed by atoms with E-state index in [0.29, 0.717) is 5.15 Å². The Balaban J connectivity index is 2.17. The summed E-state index contributed by atoms with van der Waals surface area (Å²) in [7, 11) is 0. The van der Waals surface area contributed by atoms with E-state index in [4.69, 9.17) is 11.6 Å². The lowest BCUT2D eigenvalue weighted by Crippen LogP contribution is -2.04. The maximum Gasteiger partial charge on any atom is 0.157 e. The molecular formula is C16H16ClN3. The van der Waals surface area contributed by atoms with E-state index < -0.39 is 0 Å². The Morgan fingerprint density at radius 1 is 1.15 bits per heavy atom. The summed E-state index contributed by atoms with van der Waals surface area (Å²) in [5, 5.41) is 0.488. The molecule has 3 rings (SSSR count). The normalized spacial score (nSPS) is 11.2. The minimum Gasteiger partial charge on any atom is -0.323 e. The second-order valence-corrected chi connectivity index (χ2v) is 5.23. The van der Waals surface area contributed by atoms with Crippen molar-refractivity contribution >= 4 is 22.6 Å². The van der Waals surface area contributed by atoms with Gasteiger partial charge in [-0.15, -0.1) is 0 Å². The molecule has 3 nitrogen and oxygen atoms in total. The number of hydrogen-bond donors (Lipinski definition) is 0. The molecule has 1 aromatic carbocycles. The van der Waals surface area contributed by atoms with Crippen LogP contribution in [0.25, 0.3) is 11.0 Å². The fourth-order valence-electron chi connectivity index (χ4n) is 2.46. The number of aromatic nitrogens is 3. The first kappa shape index (κ1) is 13.1. The van der Waals surface area contributed by atoms with Crippen LogP contribution in [0.3, 0.4) is 0 Å². The molecule has 3 aromatic rings. The Labute approximate surface area is 123 Å². The van der Waals surface area contributed by atoms with Crippen molar-refractivity contribution in [3.63, 3.8) is 0 Å². The lowest BCUT2D eigenvalue weighted by atomic mass is 10.2. The van der Waals surface area contributed by atoms with Gasteiger partial charge in [-0.2, -0.15) is 0 Å². The van der Waals surface area contributed by atoms with Gasteiger partial charge in [-0.05, 0) is 18.6 Å². The highest BCUT2D eigenvalue weighted by molar-refractivity contribution is 6.33. The number of pyridine rings is 1. The Hall–Kier alpha value is -1.87. The first-order chi connectivity index (χ1) is 9.69. The van der Waals surface area contributed by atoms with Gasteiger partial charge in [-0.3, -0.25) is 0 Å². The highest BCUT2D eigenvalue weighted by atomic mass is 35.5. The molecule has 0 amide bonds. The SMILES string of the molecule is CCc1nc2c(Cl)nc(C)cc2n1Cc1ccccc1. The van der Waals surface area contributed by atoms with Crippen molar-refractivity contribution in [2.45, 2.75) is 26.8 Å². The summed E-state index contributed by atoms with van der Waals surface area (Å²) in [5.41, 5.74) is 4.03. The van der Waals surface area contributed by atoms with Crippen molar-refractivity contribution in [3.8, 4) is 0 Å². The van der Waals surface area contributed by atoms with E-state index in [-0.39, 0.29) is 0 Å². The molecule has 0 aliphatic rings. The monoisotopic (exact) mass is 285 g/mol. The molecule has 0 radical (unpaired) electrons. The summed E-state index contributed by atoms with van der Waals surface area (Å²) in [6.45, 7) is 4.87. The lowest BCUT2D eigenvalue weighted by Gasteiger charge is -2.08. The number of nitrogens with zero attached hydrogens (tertiary/aromatic N) is 3. The van der Waals surface area contributed by atoms with Gasteiger partial charge in [0.2, 0.25) is 0 Å². The van der Waals surface area contributed by atoms with Crippen LogP contribution in [-0.2, 0) is 13.0 Å². The van der Waals surface area contributed by atoms with E-state index in [1.54, 1.807) is 0 Å². The van der Waals surface area contributed by atoms with Gasteiger partial charge in [0.15, 0.2) is 5.15 Å². The van der Waals surface area contributed by atoms with Gasteiger partial charge in [0.25, 0.3) is 0 Å². The summed E-state index contributed by atoms with van der Waals surface area (Å²) in [6.07, 6.45) is 0.872. The third-order valence-corrected chi connectivity index (χ3v) is 3.66. The average Bonchev–Trinajstić information content (AvgIpc) is 2.78. The highest BCUT2D eigenvalue weighted by Crippen LogP contribution is 2.24. The van der Waals surface area contributed by atoms with Crippen molar-refractivity contribution in [3.05, 3.63) is 58.6 Å². The van der Waals surface area contributed by atoms with Crippen LogP contribution >= 0.6 is 11.6 Å². The Morgan fingerprint density at radius 3 is 2.60 bits per heavy atom. The molecule has 0 aliphatic carbocycles. The summed E-state index contributed by atoms with van der Waals surface area (Å²) in [6, 6.07) is 12.4. The molecule has 0 aliphatic heterocycles. The van der Waals surface area contributed by atoms with Crippen LogP contribution in [0.4, 0.5) is 0 Å². The minimum atomic E-state index is 0.488. The second-order valence-electron chi connectivity index (χ2n) is 4.88. The zero-order valence-corrected chi connectivity index (χ0v) is 12.4. The summed E-state index contributed by atoms with van der Waals surface area (Å²) < 4.78 is 2.23. The van der Waals surface area contributed by atoms with Crippen LogP contribution in [0.5, 0.6) is 0 Å². The van der Waals surface area contributed by atoms with Crippen LogP contribution in [0, 0.1) is 6.92 Å². The van der Waals surface area contributed by atoms with Crippen molar-refractivity contribution in [1.29, 1.82) is 0 Å². The molecule has 20 heavy (non-hydrogen) atoms. The Kier molecular flexibility index (Phi) is 3.45. The smallest absolute Gasteiger partial charge is 0.157 e. The fraction of sp³-hybridized carbons (Fsp3) is 0.250. The molecule has 0 saturated carbocycles. The Morgan fingerprint density at radius 2 is 1.90 bits per heavy atom. The van der Waals surface area contributed by atoms with E-state index in [9.17, 15) is 0 Å². The van der Waals surface area contributed by atoms with E-state index >= 15 is 0 Å². The maximum absolute atomic E-state index is 6.22. The molecule has 0 fully saturated rings. The molecular weight excluding hydrogens is 270 g/mol. The molecule has 0 bridgehead atoms. The average molecular weight is 286 g/mol. The lowest BCUT2D eigenvalue weighted by molar-refractivity contribution is 0.753. The molecule has 2 aromatic heterocycles. The summed E-state index contributed by atoms with van der Waals surface area (Å²) in [5.74, 6) is 1.04. The first-order valence-electron chi connectivity index (χ1n) is 6.75. The van der Waals surface area contributed by atoms with Crippen LogP contribution < -0.4 is 0 Å². The number of hydrogen-bond acceptors (Lipinski definition) is 2. The number of rotatable bonds is 3. The second kappa shape index (κ2) is 5.25. The predicted octanol–water partition coefficient (Wildman–Crippen LogP) is 4.00. The summed E-state index contributed by atoms with van der Waals surface area (Å²) >= 11 is 6.22. The predicted molar refractivity (Wildman–Crippen MR) is 82.2 cm³/mol. The van der Waals surface area contributed by atoms with Crippen LogP contribution in [0.1, 0.15) is 24.0 Å². The molecule has 0 N–H and O–H groups in total.